The maximum absolute atomic E-state index is 11.6. The minimum Gasteiger partial charge on any atom is -0.490 e. The van der Waals surface area contributed by atoms with Gasteiger partial charge in [-0.1, -0.05) is 0 Å². The summed E-state index contributed by atoms with van der Waals surface area (Å²) in [5.74, 6) is -0.622. The Morgan fingerprint density at radius 3 is 2.75 bits per heavy atom. The Hall–Kier alpha value is -2.08. The van der Waals surface area contributed by atoms with Gasteiger partial charge in [0.25, 0.3) is 0 Å². The van der Waals surface area contributed by atoms with Gasteiger partial charge in [-0.15, -0.1) is 0 Å². The highest BCUT2D eigenvalue weighted by atomic mass is 16.5. The summed E-state index contributed by atoms with van der Waals surface area (Å²) in [6.45, 7) is 6.58. The maximum Gasteiger partial charge on any atom is 0.339 e. The third-order valence-corrected chi connectivity index (χ3v) is 5.20. The van der Waals surface area contributed by atoms with Gasteiger partial charge in [0.05, 0.1) is 29.4 Å². The van der Waals surface area contributed by atoms with Crippen LogP contribution in [0.1, 0.15) is 50.4 Å². The lowest BCUT2D eigenvalue weighted by Gasteiger charge is -2.26. The Labute approximate surface area is 140 Å². The first-order valence-electron chi connectivity index (χ1n) is 8.38. The standard InChI is InChI=1S/C18H22N2O4/c1-11(2)24-15-7-14-12(6-13(15)16(21)22)8-20(19-14)18-5-4-17(3,9-18)23-10-18/h6-8,11H,4-5,9-10H2,1-3H3,(H,21,22)/t17-,18-/m0/s1. The number of ether oxygens (including phenoxy) is 2. The topological polar surface area (TPSA) is 73.6 Å². The molecule has 4 rings (SSSR count). The van der Waals surface area contributed by atoms with Gasteiger partial charge in [-0.05, 0) is 39.7 Å². The van der Waals surface area contributed by atoms with E-state index in [0.29, 0.717) is 12.4 Å². The van der Waals surface area contributed by atoms with Gasteiger partial charge in [-0.3, -0.25) is 4.68 Å². The van der Waals surface area contributed by atoms with Gasteiger partial charge in [0.2, 0.25) is 0 Å². The number of rotatable bonds is 4. The molecule has 0 spiro atoms. The zero-order valence-corrected chi connectivity index (χ0v) is 14.2. The van der Waals surface area contributed by atoms with E-state index in [1.807, 2.05) is 24.7 Å². The second-order valence-electron chi connectivity index (χ2n) is 7.59. The molecule has 1 aliphatic carbocycles. The molecule has 0 amide bonds. The number of aromatic nitrogens is 2. The predicted molar refractivity (Wildman–Crippen MR) is 88.6 cm³/mol. The van der Waals surface area contributed by atoms with Gasteiger partial charge in [-0.25, -0.2) is 4.79 Å². The van der Waals surface area contributed by atoms with E-state index in [2.05, 4.69) is 6.92 Å². The molecule has 6 heteroatoms. The van der Waals surface area contributed by atoms with Crippen molar-refractivity contribution in [2.75, 3.05) is 6.61 Å². The molecule has 2 aliphatic rings. The summed E-state index contributed by atoms with van der Waals surface area (Å²) in [5, 5.41) is 15.0. The van der Waals surface area contributed by atoms with Crippen LogP contribution in [-0.4, -0.2) is 39.2 Å². The molecule has 128 valence electrons. The van der Waals surface area contributed by atoms with Crippen molar-refractivity contribution in [1.29, 1.82) is 0 Å². The molecular weight excluding hydrogens is 308 g/mol. The van der Waals surface area contributed by atoms with E-state index in [9.17, 15) is 9.90 Å². The second-order valence-corrected chi connectivity index (χ2v) is 7.59. The fourth-order valence-electron chi connectivity index (χ4n) is 4.00. The Balaban J connectivity index is 1.80. The van der Waals surface area contributed by atoms with Crippen molar-refractivity contribution >= 4 is 16.9 Å². The fraction of sp³-hybridized carbons (Fsp3) is 0.556. The monoisotopic (exact) mass is 330 g/mol. The second kappa shape index (κ2) is 4.96. The Morgan fingerprint density at radius 2 is 2.21 bits per heavy atom. The fourth-order valence-corrected chi connectivity index (χ4v) is 4.00. The summed E-state index contributed by atoms with van der Waals surface area (Å²) >= 11 is 0. The zero-order valence-electron chi connectivity index (χ0n) is 14.2. The number of fused-ring (bicyclic) bond motifs is 3. The predicted octanol–water partition coefficient (Wildman–Crippen LogP) is 3.19. The molecule has 1 saturated heterocycles. The lowest BCUT2D eigenvalue weighted by Crippen LogP contribution is -2.33. The van der Waals surface area contributed by atoms with Crippen molar-refractivity contribution in [3.63, 3.8) is 0 Å². The van der Waals surface area contributed by atoms with Gasteiger partial charge in [0.1, 0.15) is 11.3 Å². The Morgan fingerprint density at radius 1 is 1.42 bits per heavy atom. The van der Waals surface area contributed by atoms with E-state index in [0.717, 1.165) is 30.2 Å². The molecule has 1 aliphatic heterocycles. The van der Waals surface area contributed by atoms with Gasteiger partial charge >= 0.3 is 5.97 Å². The number of carboxylic acid groups (broad SMARTS) is 1. The molecule has 6 nitrogen and oxygen atoms in total. The summed E-state index contributed by atoms with van der Waals surface area (Å²) in [6, 6.07) is 3.38. The molecule has 1 aromatic heterocycles. The minimum absolute atomic E-state index is 0.0454. The average molecular weight is 330 g/mol. The van der Waals surface area contributed by atoms with E-state index in [1.165, 1.54) is 0 Å². The van der Waals surface area contributed by atoms with Gasteiger partial charge in [0, 0.05) is 24.1 Å². The summed E-state index contributed by atoms with van der Waals surface area (Å²) < 4.78 is 13.6. The molecule has 0 radical (unpaired) electrons. The van der Waals surface area contributed by atoms with Crippen LogP contribution in [0.25, 0.3) is 10.9 Å². The highest BCUT2D eigenvalue weighted by molar-refractivity contribution is 5.96. The third kappa shape index (κ3) is 2.28. The first kappa shape index (κ1) is 15.4. The highest BCUT2D eigenvalue weighted by Gasteiger charge is 2.54. The van der Waals surface area contributed by atoms with Crippen LogP contribution < -0.4 is 4.74 Å². The molecule has 2 heterocycles. The molecule has 1 N–H and O–H groups in total. The van der Waals surface area contributed by atoms with Crippen LogP contribution >= 0.6 is 0 Å². The van der Waals surface area contributed by atoms with Crippen molar-refractivity contribution in [3.05, 3.63) is 23.9 Å². The molecule has 0 unspecified atom stereocenters. The van der Waals surface area contributed by atoms with Crippen LogP contribution in [0.2, 0.25) is 0 Å². The summed E-state index contributed by atoms with van der Waals surface area (Å²) in [4.78, 5) is 11.6. The summed E-state index contributed by atoms with van der Waals surface area (Å²) in [7, 11) is 0. The van der Waals surface area contributed by atoms with Crippen LogP contribution in [0, 0.1) is 0 Å². The van der Waals surface area contributed by atoms with Gasteiger partial charge in [0.15, 0.2) is 0 Å². The molecular formula is C18H22N2O4. The lowest BCUT2D eigenvalue weighted by atomic mass is 9.99. The quantitative estimate of drug-likeness (QED) is 0.932. The normalized spacial score (nSPS) is 28.8. The van der Waals surface area contributed by atoms with Crippen molar-refractivity contribution in [2.45, 2.75) is 57.3 Å². The minimum atomic E-state index is -0.990. The van der Waals surface area contributed by atoms with Crippen molar-refractivity contribution in [1.82, 2.24) is 9.78 Å². The number of nitrogens with zero attached hydrogens (tertiary/aromatic N) is 2. The van der Waals surface area contributed by atoms with E-state index < -0.39 is 5.97 Å². The summed E-state index contributed by atoms with van der Waals surface area (Å²) in [5.41, 5.74) is 0.782. The van der Waals surface area contributed by atoms with E-state index in [-0.39, 0.29) is 22.8 Å². The van der Waals surface area contributed by atoms with Crippen LogP contribution in [-0.2, 0) is 10.3 Å². The van der Waals surface area contributed by atoms with Crippen LogP contribution in [0.4, 0.5) is 0 Å². The third-order valence-electron chi connectivity index (χ3n) is 5.20. The average Bonchev–Trinajstić information content (AvgIpc) is 3.15. The Kier molecular flexibility index (Phi) is 3.19. The number of hydrogen-bond acceptors (Lipinski definition) is 4. The smallest absolute Gasteiger partial charge is 0.339 e. The number of hydrogen-bond donors (Lipinski definition) is 1. The first-order chi connectivity index (χ1) is 11.3. The maximum atomic E-state index is 11.6. The molecule has 2 aromatic rings. The molecule has 2 bridgehead atoms. The SMILES string of the molecule is CC(C)Oc1cc2nn([C@@]34CC[C@@](C)(C3)OC4)cc2cc1C(=O)O. The highest BCUT2D eigenvalue weighted by Crippen LogP contribution is 2.51. The molecule has 2 fully saturated rings. The molecule has 24 heavy (non-hydrogen) atoms. The molecule has 1 saturated carbocycles. The first-order valence-corrected chi connectivity index (χ1v) is 8.38. The van der Waals surface area contributed by atoms with Gasteiger partial charge in [-0.2, -0.15) is 5.10 Å². The molecule has 2 atom stereocenters. The van der Waals surface area contributed by atoms with Crippen LogP contribution in [0.15, 0.2) is 18.3 Å². The van der Waals surface area contributed by atoms with E-state index in [1.54, 1.807) is 12.1 Å². The Bertz CT molecular complexity index is 816. The van der Waals surface area contributed by atoms with Crippen LogP contribution in [0.5, 0.6) is 5.75 Å². The summed E-state index contributed by atoms with van der Waals surface area (Å²) in [6.07, 6.45) is 4.88. The van der Waals surface area contributed by atoms with E-state index in [4.69, 9.17) is 14.6 Å². The van der Waals surface area contributed by atoms with E-state index >= 15 is 0 Å². The van der Waals surface area contributed by atoms with Crippen LogP contribution in [0.3, 0.4) is 0 Å². The molecule has 1 aromatic carbocycles. The zero-order chi connectivity index (χ0) is 17.1. The number of aromatic carboxylic acids is 1. The lowest BCUT2D eigenvalue weighted by molar-refractivity contribution is -0.0149. The van der Waals surface area contributed by atoms with Crippen molar-refractivity contribution in [2.24, 2.45) is 0 Å². The number of carbonyl (C=O) groups is 1. The number of carboxylic acids is 1. The van der Waals surface area contributed by atoms with Gasteiger partial charge < -0.3 is 14.6 Å². The van der Waals surface area contributed by atoms with Crippen molar-refractivity contribution < 1.29 is 19.4 Å². The van der Waals surface area contributed by atoms with Crippen molar-refractivity contribution in [3.8, 4) is 5.75 Å². The largest absolute Gasteiger partial charge is 0.490 e. The number of benzene rings is 1.